The second kappa shape index (κ2) is 4.66. The minimum absolute atomic E-state index is 0.134. The van der Waals surface area contributed by atoms with Crippen LogP contribution in [0.1, 0.15) is 34.3 Å². The molecule has 1 fully saturated rings. The van der Waals surface area contributed by atoms with E-state index in [2.05, 4.69) is 10.2 Å². The zero-order valence-corrected chi connectivity index (χ0v) is 10.6. The molecule has 0 saturated carbocycles. The normalized spacial score (nSPS) is 22.3. The number of amides is 1. The van der Waals surface area contributed by atoms with Crippen LogP contribution in [0.4, 0.5) is 0 Å². The van der Waals surface area contributed by atoms with Gasteiger partial charge in [-0.2, -0.15) is 0 Å². The van der Waals surface area contributed by atoms with Crippen molar-refractivity contribution < 1.29 is 14.7 Å². The van der Waals surface area contributed by atoms with Crippen molar-refractivity contribution in [3.05, 3.63) is 34.9 Å². The summed E-state index contributed by atoms with van der Waals surface area (Å²) in [6.45, 7) is 2.44. The topological polar surface area (TPSA) is 69.6 Å². The number of carbonyl (C=O) groups is 2. The Kier molecular flexibility index (Phi) is 2.98. The van der Waals surface area contributed by atoms with E-state index in [1.165, 1.54) is 5.56 Å². The number of carboxylic acid groups (broad SMARTS) is 1. The van der Waals surface area contributed by atoms with Crippen LogP contribution >= 0.6 is 0 Å². The number of fused-ring (bicyclic) bond motifs is 1. The molecule has 2 N–H and O–H groups in total. The van der Waals surface area contributed by atoms with Crippen LogP contribution in [0.15, 0.2) is 18.2 Å². The lowest BCUT2D eigenvalue weighted by atomic mass is 10.1. The molecule has 1 aromatic carbocycles. The van der Waals surface area contributed by atoms with Gasteiger partial charge in [0.2, 0.25) is 5.91 Å². The standard InChI is InChI=1S/C14H16N2O3/c17-13-4-3-12(15-13)8-16-6-10-2-1-9(14(18)19)5-11(10)7-16/h1-2,5,12H,3-4,6-8H2,(H,15,17)(H,18,19). The number of nitrogens with zero attached hydrogens (tertiary/aromatic N) is 1. The van der Waals surface area contributed by atoms with Gasteiger partial charge in [-0.05, 0) is 29.7 Å². The molecule has 2 aliphatic rings. The third-order valence-electron chi connectivity index (χ3n) is 3.80. The Balaban J connectivity index is 1.67. The van der Waals surface area contributed by atoms with Crippen molar-refractivity contribution in [2.24, 2.45) is 0 Å². The van der Waals surface area contributed by atoms with Gasteiger partial charge in [0.05, 0.1) is 5.56 Å². The predicted molar refractivity (Wildman–Crippen MR) is 68.7 cm³/mol. The Labute approximate surface area is 111 Å². The Morgan fingerprint density at radius 2 is 2.16 bits per heavy atom. The zero-order chi connectivity index (χ0) is 13.4. The van der Waals surface area contributed by atoms with Gasteiger partial charge in [0.1, 0.15) is 0 Å². The van der Waals surface area contributed by atoms with E-state index < -0.39 is 5.97 Å². The molecule has 1 atom stereocenters. The summed E-state index contributed by atoms with van der Waals surface area (Å²) in [4.78, 5) is 24.4. The SMILES string of the molecule is O=C1CCC(CN2Cc3ccc(C(=O)O)cc3C2)N1. The van der Waals surface area contributed by atoms with Gasteiger partial charge < -0.3 is 10.4 Å². The van der Waals surface area contributed by atoms with Crippen molar-refractivity contribution in [2.45, 2.75) is 32.0 Å². The molecule has 0 aromatic heterocycles. The summed E-state index contributed by atoms with van der Waals surface area (Å²) in [6.07, 6.45) is 1.51. The molecule has 2 heterocycles. The molecule has 1 aromatic rings. The van der Waals surface area contributed by atoms with Gasteiger partial charge >= 0.3 is 5.97 Å². The lowest BCUT2D eigenvalue weighted by Crippen LogP contribution is -2.36. The van der Waals surface area contributed by atoms with E-state index in [1.807, 2.05) is 6.07 Å². The smallest absolute Gasteiger partial charge is 0.335 e. The van der Waals surface area contributed by atoms with Crippen LogP contribution in [-0.4, -0.2) is 34.5 Å². The van der Waals surface area contributed by atoms with Crippen LogP contribution in [0.5, 0.6) is 0 Å². The molecule has 0 bridgehead atoms. The summed E-state index contributed by atoms with van der Waals surface area (Å²) in [5.74, 6) is -0.751. The average molecular weight is 260 g/mol. The molecule has 100 valence electrons. The maximum Gasteiger partial charge on any atom is 0.335 e. The van der Waals surface area contributed by atoms with Crippen molar-refractivity contribution in [3.8, 4) is 0 Å². The molecule has 5 heteroatoms. The minimum atomic E-state index is -0.885. The monoisotopic (exact) mass is 260 g/mol. The molecule has 0 aliphatic carbocycles. The first-order valence-electron chi connectivity index (χ1n) is 6.48. The third-order valence-corrected chi connectivity index (χ3v) is 3.80. The van der Waals surface area contributed by atoms with E-state index in [4.69, 9.17) is 5.11 Å². The fraction of sp³-hybridized carbons (Fsp3) is 0.429. The van der Waals surface area contributed by atoms with E-state index in [9.17, 15) is 9.59 Å². The molecular formula is C14H16N2O3. The van der Waals surface area contributed by atoms with E-state index >= 15 is 0 Å². The number of hydrogen-bond acceptors (Lipinski definition) is 3. The van der Waals surface area contributed by atoms with Gasteiger partial charge in [-0.3, -0.25) is 9.69 Å². The van der Waals surface area contributed by atoms with Crippen LogP contribution in [-0.2, 0) is 17.9 Å². The number of benzene rings is 1. The number of nitrogens with one attached hydrogen (secondary N) is 1. The summed E-state index contributed by atoms with van der Waals surface area (Å²) >= 11 is 0. The van der Waals surface area contributed by atoms with Gasteiger partial charge in [0.25, 0.3) is 0 Å². The molecule has 0 spiro atoms. The number of carboxylic acids is 1. The molecule has 3 rings (SSSR count). The number of hydrogen-bond donors (Lipinski definition) is 2. The van der Waals surface area contributed by atoms with Crippen molar-refractivity contribution in [1.82, 2.24) is 10.2 Å². The summed E-state index contributed by atoms with van der Waals surface area (Å²) < 4.78 is 0. The van der Waals surface area contributed by atoms with E-state index in [0.717, 1.165) is 31.6 Å². The zero-order valence-electron chi connectivity index (χ0n) is 10.6. The molecule has 2 aliphatic heterocycles. The number of rotatable bonds is 3. The van der Waals surface area contributed by atoms with Crippen LogP contribution in [0.2, 0.25) is 0 Å². The highest BCUT2D eigenvalue weighted by Crippen LogP contribution is 2.24. The Morgan fingerprint density at radius 1 is 1.37 bits per heavy atom. The highest BCUT2D eigenvalue weighted by Gasteiger charge is 2.26. The first-order chi connectivity index (χ1) is 9.11. The van der Waals surface area contributed by atoms with Gasteiger partial charge in [0.15, 0.2) is 0 Å². The summed E-state index contributed by atoms with van der Waals surface area (Å²) in [6, 6.07) is 5.54. The van der Waals surface area contributed by atoms with Crippen molar-refractivity contribution in [3.63, 3.8) is 0 Å². The Morgan fingerprint density at radius 3 is 2.84 bits per heavy atom. The largest absolute Gasteiger partial charge is 0.478 e. The van der Waals surface area contributed by atoms with Crippen LogP contribution in [0, 0.1) is 0 Å². The van der Waals surface area contributed by atoms with E-state index in [1.54, 1.807) is 12.1 Å². The van der Waals surface area contributed by atoms with E-state index in [-0.39, 0.29) is 11.9 Å². The first-order valence-corrected chi connectivity index (χ1v) is 6.48. The molecule has 1 amide bonds. The van der Waals surface area contributed by atoms with Crippen molar-refractivity contribution in [2.75, 3.05) is 6.54 Å². The van der Waals surface area contributed by atoms with Gasteiger partial charge in [-0.15, -0.1) is 0 Å². The fourth-order valence-electron chi connectivity index (χ4n) is 2.85. The number of carbonyl (C=O) groups excluding carboxylic acids is 1. The molecule has 1 saturated heterocycles. The maximum atomic E-state index is 11.2. The van der Waals surface area contributed by atoms with E-state index in [0.29, 0.717) is 12.0 Å². The van der Waals surface area contributed by atoms with Crippen LogP contribution in [0.25, 0.3) is 0 Å². The van der Waals surface area contributed by atoms with Crippen molar-refractivity contribution in [1.29, 1.82) is 0 Å². The lowest BCUT2D eigenvalue weighted by molar-refractivity contribution is -0.119. The minimum Gasteiger partial charge on any atom is -0.478 e. The van der Waals surface area contributed by atoms with Gasteiger partial charge in [0, 0.05) is 32.1 Å². The van der Waals surface area contributed by atoms with Crippen LogP contribution in [0.3, 0.4) is 0 Å². The number of aromatic carboxylic acids is 1. The molecule has 1 unspecified atom stereocenters. The van der Waals surface area contributed by atoms with Crippen molar-refractivity contribution >= 4 is 11.9 Å². The fourth-order valence-corrected chi connectivity index (χ4v) is 2.85. The summed E-state index contributed by atoms with van der Waals surface area (Å²) in [5, 5.41) is 11.9. The van der Waals surface area contributed by atoms with Crippen LogP contribution < -0.4 is 5.32 Å². The third kappa shape index (κ3) is 2.46. The second-order valence-electron chi connectivity index (χ2n) is 5.26. The lowest BCUT2D eigenvalue weighted by Gasteiger charge is -2.19. The molecule has 5 nitrogen and oxygen atoms in total. The maximum absolute atomic E-state index is 11.2. The van der Waals surface area contributed by atoms with Gasteiger partial charge in [-0.1, -0.05) is 6.07 Å². The molecular weight excluding hydrogens is 244 g/mol. The summed E-state index contributed by atoms with van der Waals surface area (Å²) in [7, 11) is 0. The molecule has 19 heavy (non-hydrogen) atoms. The molecule has 0 radical (unpaired) electrons. The average Bonchev–Trinajstić information content (AvgIpc) is 2.94. The second-order valence-corrected chi connectivity index (χ2v) is 5.26. The highest BCUT2D eigenvalue weighted by atomic mass is 16.4. The highest BCUT2D eigenvalue weighted by molar-refractivity contribution is 5.88. The first kappa shape index (κ1) is 12.2. The Hall–Kier alpha value is -1.88. The quantitative estimate of drug-likeness (QED) is 0.850. The predicted octanol–water partition coefficient (Wildman–Crippen LogP) is 0.979. The van der Waals surface area contributed by atoms with Gasteiger partial charge in [-0.25, -0.2) is 4.79 Å². The Bertz CT molecular complexity index is 541. The summed E-state index contributed by atoms with van der Waals surface area (Å²) in [5.41, 5.74) is 2.62.